The molecule has 1 aromatic carbocycles. The normalized spacial score (nSPS) is 28.9. The van der Waals surface area contributed by atoms with E-state index in [9.17, 15) is 0 Å². The van der Waals surface area contributed by atoms with Crippen LogP contribution in [0, 0.1) is 5.92 Å². The molecule has 0 N–H and O–H groups in total. The predicted octanol–water partition coefficient (Wildman–Crippen LogP) is 3.60. The zero-order valence-electron chi connectivity index (χ0n) is 9.29. The number of para-hydroxylation sites is 1. The fourth-order valence-electron chi connectivity index (χ4n) is 2.23. The minimum Gasteiger partial charge on any atom is -0.494 e. The van der Waals surface area contributed by atoms with Gasteiger partial charge in [0.1, 0.15) is 5.75 Å². The maximum absolute atomic E-state index is 5.92. The second-order valence-electron chi connectivity index (χ2n) is 4.40. The maximum atomic E-state index is 5.92. The molecule has 2 atom stereocenters. The molecular weight excluding hydrogens is 208 g/mol. The predicted molar refractivity (Wildman–Crippen MR) is 63.8 cm³/mol. The number of hydrogen-bond acceptors (Lipinski definition) is 1. The molecule has 1 aromatic rings. The fourth-order valence-corrected chi connectivity index (χ4v) is 2.68. The third-order valence-corrected chi connectivity index (χ3v) is 3.77. The third kappa shape index (κ3) is 1.85. The lowest BCUT2D eigenvalue weighted by molar-refractivity contribution is 0.333. The van der Waals surface area contributed by atoms with Gasteiger partial charge < -0.3 is 4.74 Å². The molecule has 2 heteroatoms. The number of benzene rings is 1. The lowest BCUT2D eigenvalue weighted by Gasteiger charge is -2.16. The SMILES string of the molecule is CCOc1ccccc1C1(C)CC1CCl. The number of alkyl halides is 1. The van der Waals surface area contributed by atoms with Crippen LogP contribution >= 0.6 is 11.6 Å². The van der Waals surface area contributed by atoms with Gasteiger partial charge in [-0.2, -0.15) is 0 Å². The molecule has 0 radical (unpaired) electrons. The van der Waals surface area contributed by atoms with Crippen LogP contribution in [0.15, 0.2) is 24.3 Å². The molecule has 2 rings (SSSR count). The second-order valence-corrected chi connectivity index (χ2v) is 4.71. The summed E-state index contributed by atoms with van der Waals surface area (Å²) in [6.45, 7) is 5.02. The highest BCUT2D eigenvalue weighted by Gasteiger charge is 2.51. The van der Waals surface area contributed by atoms with E-state index in [1.54, 1.807) is 0 Å². The van der Waals surface area contributed by atoms with Crippen molar-refractivity contribution in [2.24, 2.45) is 5.92 Å². The van der Waals surface area contributed by atoms with Gasteiger partial charge in [-0.3, -0.25) is 0 Å². The van der Waals surface area contributed by atoms with Gasteiger partial charge in [-0.05, 0) is 25.3 Å². The lowest BCUT2D eigenvalue weighted by atomic mass is 9.95. The Bertz CT molecular complexity index is 350. The van der Waals surface area contributed by atoms with Gasteiger partial charge in [-0.25, -0.2) is 0 Å². The third-order valence-electron chi connectivity index (χ3n) is 3.40. The topological polar surface area (TPSA) is 9.23 Å². The molecule has 1 saturated carbocycles. The first-order valence-electron chi connectivity index (χ1n) is 5.50. The Hall–Kier alpha value is -0.690. The van der Waals surface area contributed by atoms with Crippen LogP contribution in [0.25, 0.3) is 0 Å². The average molecular weight is 225 g/mol. The van der Waals surface area contributed by atoms with E-state index in [1.165, 1.54) is 12.0 Å². The van der Waals surface area contributed by atoms with Crippen molar-refractivity contribution >= 4 is 11.6 Å². The molecule has 1 aliphatic carbocycles. The number of ether oxygens (including phenoxy) is 1. The molecule has 0 heterocycles. The minimum absolute atomic E-state index is 0.244. The van der Waals surface area contributed by atoms with Crippen LogP contribution < -0.4 is 4.74 Å². The highest BCUT2D eigenvalue weighted by Crippen LogP contribution is 2.56. The van der Waals surface area contributed by atoms with E-state index < -0.39 is 0 Å². The van der Waals surface area contributed by atoms with E-state index in [4.69, 9.17) is 16.3 Å². The maximum Gasteiger partial charge on any atom is 0.123 e. The van der Waals surface area contributed by atoms with E-state index in [0.29, 0.717) is 5.92 Å². The fraction of sp³-hybridized carbons (Fsp3) is 0.538. The van der Waals surface area contributed by atoms with Crippen molar-refractivity contribution in [2.45, 2.75) is 25.7 Å². The number of rotatable bonds is 4. The first-order chi connectivity index (χ1) is 7.22. The summed E-state index contributed by atoms with van der Waals surface area (Å²) < 4.78 is 5.65. The molecule has 0 bridgehead atoms. The highest BCUT2D eigenvalue weighted by atomic mass is 35.5. The van der Waals surface area contributed by atoms with E-state index >= 15 is 0 Å². The van der Waals surface area contributed by atoms with Gasteiger partial charge in [-0.1, -0.05) is 25.1 Å². The molecule has 0 amide bonds. The summed E-state index contributed by atoms with van der Waals surface area (Å²) in [5.41, 5.74) is 1.56. The van der Waals surface area contributed by atoms with Gasteiger partial charge in [0.15, 0.2) is 0 Å². The van der Waals surface area contributed by atoms with Gasteiger partial charge in [0.25, 0.3) is 0 Å². The Labute approximate surface area is 96.4 Å². The Morgan fingerprint density at radius 3 is 2.80 bits per heavy atom. The van der Waals surface area contributed by atoms with Crippen LogP contribution in [-0.4, -0.2) is 12.5 Å². The van der Waals surface area contributed by atoms with Crippen LogP contribution in [0.4, 0.5) is 0 Å². The lowest BCUT2D eigenvalue weighted by Crippen LogP contribution is -2.08. The summed E-state index contributed by atoms with van der Waals surface area (Å²) in [7, 11) is 0. The first-order valence-corrected chi connectivity index (χ1v) is 6.04. The standard InChI is InChI=1S/C13H17ClO/c1-3-15-12-7-5-4-6-11(12)13(2)8-10(13)9-14/h4-7,10H,3,8-9H2,1-2H3. The molecule has 1 fully saturated rings. The van der Waals surface area contributed by atoms with Crippen molar-refractivity contribution in [2.75, 3.05) is 12.5 Å². The van der Waals surface area contributed by atoms with Crippen LogP contribution in [-0.2, 0) is 5.41 Å². The first kappa shape index (κ1) is 10.8. The van der Waals surface area contributed by atoms with E-state index in [1.807, 2.05) is 19.1 Å². The van der Waals surface area contributed by atoms with E-state index in [-0.39, 0.29) is 5.41 Å². The molecule has 0 aromatic heterocycles. The van der Waals surface area contributed by atoms with Crippen molar-refractivity contribution in [1.82, 2.24) is 0 Å². The van der Waals surface area contributed by atoms with Crippen molar-refractivity contribution in [1.29, 1.82) is 0 Å². The van der Waals surface area contributed by atoms with Crippen LogP contribution in [0.5, 0.6) is 5.75 Å². The minimum atomic E-state index is 0.244. The van der Waals surface area contributed by atoms with Crippen LogP contribution in [0.1, 0.15) is 25.8 Å². The molecule has 1 aliphatic rings. The average Bonchev–Trinajstić information content (AvgIpc) is 2.92. The Balaban J connectivity index is 2.28. The van der Waals surface area contributed by atoms with Crippen molar-refractivity contribution in [3.63, 3.8) is 0 Å². The van der Waals surface area contributed by atoms with Gasteiger partial charge in [0, 0.05) is 16.9 Å². The second kappa shape index (κ2) is 4.05. The molecule has 0 saturated heterocycles. The summed E-state index contributed by atoms with van der Waals surface area (Å²) in [4.78, 5) is 0. The van der Waals surface area contributed by atoms with Gasteiger partial charge in [0.2, 0.25) is 0 Å². The van der Waals surface area contributed by atoms with E-state index in [0.717, 1.165) is 18.2 Å². The van der Waals surface area contributed by atoms with Crippen molar-refractivity contribution in [3.05, 3.63) is 29.8 Å². The summed E-state index contributed by atoms with van der Waals surface area (Å²) in [5.74, 6) is 2.38. The Morgan fingerprint density at radius 2 is 2.20 bits per heavy atom. The van der Waals surface area contributed by atoms with Crippen molar-refractivity contribution in [3.8, 4) is 5.75 Å². The molecule has 15 heavy (non-hydrogen) atoms. The molecule has 0 spiro atoms. The largest absolute Gasteiger partial charge is 0.494 e. The molecular formula is C13H17ClO. The zero-order chi connectivity index (χ0) is 10.9. The molecule has 1 nitrogen and oxygen atoms in total. The molecule has 2 unspecified atom stereocenters. The number of hydrogen-bond donors (Lipinski definition) is 0. The van der Waals surface area contributed by atoms with E-state index in [2.05, 4.69) is 19.1 Å². The van der Waals surface area contributed by atoms with Gasteiger partial charge in [-0.15, -0.1) is 11.6 Å². The summed E-state index contributed by atoms with van der Waals surface area (Å²) in [6, 6.07) is 8.31. The zero-order valence-corrected chi connectivity index (χ0v) is 10.1. The molecule has 82 valence electrons. The summed E-state index contributed by atoms with van der Waals surface area (Å²) >= 11 is 5.92. The Kier molecular flexibility index (Phi) is 2.92. The Morgan fingerprint density at radius 1 is 1.47 bits per heavy atom. The quantitative estimate of drug-likeness (QED) is 0.711. The molecule has 0 aliphatic heterocycles. The monoisotopic (exact) mass is 224 g/mol. The van der Waals surface area contributed by atoms with Gasteiger partial charge >= 0.3 is 0 Å². The van der Waals surface area contributed by atoms with Crippen LogP contribution in [0.2, 0.25) is 0 Å². The smallest absolute Gasteiger partial charge is 0.123 e. The summed E-state index contributed by atoms with van der Waals surface area (Å²) in [5, 5.41) is 0. The van der Waals surface area contributed by atoms with Crippen molar-refractivity contribution < 1.29 is 4.74 Å². The summed E-state index contributed by atoms with van der Waals surface area (Å²) in [6.07, 6.45) is 1.18. The van der Waals surface area contributed by atoms with Gasteiger partial charge in [0.05, 0.1) is 6.61 Å². The number of halogens is 1. The van der Waals surface area contributed by atoms with Crippen LogP contribution in [0.3, 0.4) is 0 Å². The highest BCUT2D eigenvalue weighted by molar-refractivity contribution is 6.18.